The Morgan fingerprint density at radius 3 is 2.91 bits per heavy atom. The summed E-state index contributed by atoms with van der Waals surface area (Å²) in [5.74, 6) is 1.54. The van der Waals surface area contributed by atoms with Crippen molar-refractivity contribution < 1.29 is 4.79 Å². The van der Waals surface area contributed by atoms with Gasteiger partial charge in [0.2, 0.25) is 11.1 Å². The molecule has 7 heteroatoms. The Balaban J connectivity index is 1.62. The molecule has 1 saturated carbocycles. The average molecular weight is 331 g/mol. The van der Waals surface area contributed by atoms with Crippen molar-refractivity contribution in [2.24, 2.45) is 5.92 Å². The predicted molar refractivity (Wildman–Crippen MR) is 88.9 cm³/mol. The van der Waals surface area contributed by atoms with Crippen molar-refractivity contribution in [2.45, 2.75) is 43.8 Å². The number of carbonyl (C=O) groups excluding carboxylic acids is 1. The van der Waals surface area contributed by atoms with Gasteiger partial charge in [0, 0.05) is 6.20 Å². The molecule has 0 aliphatic heterocycles. The highest BCUT2D eigenvalue weighted by Crippen LogP contribution is 2.35. The minimum atomic E-state index is 0.00000567. The van der Waals surface area contributed by atoms with Crippen molar-refractivity contribution >= 4 is 17.7 Å². The summed E-state index contributed by atoms with van der Waals surface area (Å²) in [5, 5.41) is 10.6. The van der Waals surface area contributed by atoms with Gasteiger partial charge >= 0.3 is 0 Å². The summed E-state index contributed by atoms with van der Waals surface area (Å²) in [6.07, 6.45) is 6.54. The van der Waals surface area contributed by atoms with Crippen molar-refractivity contribution in [3.8, 4) is 0 Å². The van der Waals surface area contributed by atoms with Gasteiger partial charge in [0.15, 0.2) is 0 Å². The second-order valence-corrected chi connectivity index (χ2v) is 6.78. The van der Waals surface area contributed by atoms with E-state index in [0.717, 1.165) is 24.4 Å². The maximum Gasteiger partial charge on any atom is 0.231 e. The molecule has 2 N–H and O–H groups in total. The van der Waals surface area contributed by atoms with Crippen LogP contribution in [0.3, 0.4) is 0 Å². The number of rotatable bonds is 6. The predicted octanol–water partition coefficient (Wildman–Crippen LogP) is 2.65. The van der Waals surface area contributed by atoms with E-state index in [1.807, 2.05) is 25.1 Å². The van der Waals surface area contributed by atoms with Crippen molar-refractivity contribution in [2.75, 3.05) is 5.75 Å². The maximum atomic E-state index is 12.3. The molecule has 0 aromatic carbocycles. The average Bonchev–Trinajstić information content (AvgIpc) is 3.23. The Labute approximate surface area is 139 Å². The SMILES string of the molecule is Cc1nc(SCC(=O)N[C@@H](c2ccccn2)C2CCCC2)n[nH]1. The summed E-state index contributed by atoms with van der Waals surface area (Å²) in [5.41, 5.74) is 0.950. The van der Waals surface area contributed by atoms with E-state index >= 15 is 0 Å². The zero-order valence-corrected chi connectivity index (χ0v) is 14.0. The summed E-state index contributed by atoms with van der Waals surface area (Å²) >= 11 is 1.34. The van der Waals surface area contributed by atoms with E-state index in [2.05, 4.69) is 25.5 Å². The van der Waals surface area contributed by atoms with Crippen molar-refractivity contribution in [1.82, 2.24) is 25.5 Å². The normalized spacial score (nSPS) is 16.4. The van der Waals surface area contributed by atoms with Gasteiger partial charge in [-0.25, -0.2) is 4.98 Å². The van der Waals surface area contributed by atoms with E-state index < -0.39 is 0 Å². The zero-order chi connectivity index (χ0) is 16.1. The van der Waals surface area contributed by atoms with Crippen LogP contribution in [0.2, 0.25) is 0 Å². The van der Waals surface area contributed by atoms with E-state index in [9.17, 15) is 4.79 Å². The molecule has 2 aromatic rings. The number of carbonyl (C=O) groups is 1. The Kier molecular flexibility index (Phi) is 5.27. The number of hydrogen-bond acceptors (Lipinski definition) is 5. The molecule has 3 rings (SSSR count). The summed E-state index contributed by atoms with van der Waals surface area (Å²) in [6, 6.07) is 5.87. The Hall–Kier alpha value is -1.89. The van der Waals surface area contributed by atoms with Crippen LogP contribution in [0, 0.1) is 12.8 Å². The first-order valence-corrected chi connectivity index (χ1v) is 8.93. The standard InChI is InChI=1S/C16H21N5OS/c1-11-18-16(21-20-11)23-10-14(22)19-15(12-6-2-3-7-12)13-8-4-5-9-17-13/h4-5,8-9,12,15H,2-3,6-7,10H2,1H3,(H,19,22)(H,18,20,21)/t15-/m1/s1. The minimum Gasteiger partial charge on any atom is -0.347 e. The van der Waals surface area contributed by atoms with Gasteiger partial charge in [0.05, 0.1) is 17.5 Å². The first-order valence-electron chi connectivity index (χ1n) is 7.94. The van der Waals surface area contributed by atoms with Gasteiger partial charge in [-0.05, 0) is 37.8 Å². The largest absolute Gasteiger partial charge is 0.347 e. The van der Waals surface area contributed by atoms with Crippen LogP contribution in [-0.2, 0) is 4.79 Å². The van der Waals surface area contributed by atoms with E-state index in [1.165, 1.54) is 24.6 Å². The van der Waals surface area contributed by atoms with Crippen molar-refractivity contribution in [3.05, 3.63) is 35.9 Å². The number of H-pyrrole nitrogens is 1. The monoisotopic (exact) mass is 331 g/mol. The van der Waals surface area contributed by atoms with Crippen molar-refractivity contribution in [1.29, 1.82) is 0 Å². The number of nitrogens with zero attached hydrogens (tertiary/aromatic N) is 3. The maximum absolute atomic E-state index is 12.3. The molecule has 1 atom stereocenters. The van der Waals surface area contributed by atoms with Gasteiger partial charge in [0.25, 0.3) is 0 Å². The van der Waals surface area contributed by atoms with Crippen LogP contribution in [0.5, 0.6) is 0 Å². The fourth-order valence-corrected chi connectivity index (χ4v) is 3.67. The van der Waals surface area contributed by atoms with E-state index in [4.69, 9.17) is 0 Å². The molecule has 0 bridgehead atoms. The van der Waals surface area contributed by atoms with Crippen LogP contribution in [-0.4, -0.2) is 31.8 Å². The lowest BCUT2D eigenvalue weighted by Crippen LogP contribution is -2.34. The molecule has 2 aromatic heterocycles. The Bertz CT molecular complexity index is 639. The number of hydrogen-bond donors (Lipinski definition) is 2. The van der Waals surface area contributed by atoms with Crippen LogP contribution >= 0.6 is 11.8 Å². The van der Waals surface area contributed by atoms with Gasteiger partial charge in [-0.1, -0.05) is 30.7 Å². The van der Waals surface area contributed by atoms with E-state index in [0.29, 0.717) is 16.8 Å². The molecule has 0 radical (unpaired) electrons. The number of aromatic nitrogens is 4. The number of aryl methyl sites for hydroxylation is 1. The number of thioether (sulfide) groups is 1. The van der Waals surface area contributed by atoms with Gasteiger partial charge < -0.3 is 5.32 Å². The number of nitrogens with one attached hydrogen (secondary N) is 2. The minimum absolute atomic E-state index is 0.00000567. The summed E-state index contributed by atoms with van der Waals surface area (Å²) in [6.45, 7) is 1.84. The van der Waals surface area contributed by atoms with Crippen LogP contribution in [0.25, 0.3) is 0 Å². The molecule has 122 valence electrons. The lowest BCUT2D eigenvalue weighted by Gasteiger charge is -2.24. The third-order valence-corrected chi connectivity index (χ3v) is 4.95. The number of amides is 1. The number of aromatic amines is 1. The van der Waals surface area contributed by atoms with Crippen molar-refractivity contribution in [3.63, 3.8) is 0 Å². The zero-order valence-electron chi connectivity index (χ0n) is 13.2. The van der Waals surface area contributed by atoms with E-state index in [1.54, 1.807) is 6.20 Å². The highest BCUT2D eigenvalue weighted by Gasteiger charge is 2.28. The summed E-state index contributed by atoms with van der Waals surface area (Å²) < 4.78 is 0. The van der Waals surface area contributed by atoms with Gasteiger partial charge in [-0.2, -0.15) is 0 Å². The molecular weight excluding hydrogens is 310 g/mol. The molecule has 0 spiro atoms. The lowest BCUT2D eigenvalue weighted by atomic mass is 9.95. The lowest BCUT2D eigenvalue weighted by molar-refractivity contribution is -0.119. The first-order chi connectivity index (χ1) is 11.2. The summed E-state index contributed by atoms with van der Waals surface area (Å²) in [4.78, 5) is 21.0. The second kappa shape index (κ2) is 7.59. The molecule has 0 saturated heterocycles. The smallest absolute Gasteiger partial charge is 0.231 e. The van der Waals surface area contributed by atoms with Gasteiger partial charge in [0.1, 0.15) is 5.82 Å². The second-order valence-electron chi connectivity index (χ2n) is 5.84. The molecule has 23 heavy (non-hydrogen) atoms. The Morgan fingerprint density at radius 2 is 2.26 bits per heavy atom. The molecule has 1 aliphatic carbocycles. The first kappa shape index (κ1) is 16.0. The Morgan fingerprint density at radius 1 is 1.43 bits per heavy atom. The van der Waals surface area contributed by atoms with Crippen LogP contribution in [0.4, 0.5) is 0 Å². The molecule has 1 aliphatic rings. The highest BCUT2D eigenvalue weighted by molar-refractivity contribution is 7.99. The fourth-order valence-electron chi connectivity index (χ4n) is 3.02. The van der Waals surface area contributed by atoms with E-state index in [-0.39, 0.29) is 11.9 Å². The molecular formula is C16H21N5OS. The molecule has 1 fully saturated rings. The fraction of sp³-hybridized carbons (Fsp3) is 0.500. The molecule has 6 nitrogen and oxygen atoms in total. The third kappa shape index (κ3) is 4.31. The van der Waals surface area contributed by atoms with Gasteiger partial charge in [-0.15, -0.1) is 5.10 Å². The highest BCUT2D eigenvalue weighted by atomic mass is 32.2. The molecule has 1 amide bonds. The molecule has 2 heterocycles. The third-order valence-electron chi connectivity index (χ3n) is 4.10. The molecule has 0 unspecified atom stereocenters. The number of pyridine rings is 1. The van der Waals surface area contributed by atoms with Crippen LogP contribution < -0.4 is 5.32 Å². The summed E-state index contributed by atoms with van der Waals surface area (Å²) in [7, 11) is 0. The van der Waals surface area contributed by atoms with Crippen LogP contribution in [0.15, 0.2) is 29.6 Å². The topological polar surface area (TPSA) is 83.6 Å². The quantitative estimate of drug-likeness (QED) is 0.795. The van der Waals surface area contributed by atoms with Gasteiger partial charge in [-0.3, -0.25) is 14.9 Å². The van der Waals surface area contributed by atoms with Crippen LogP contribution in [0.1, 0.15) is 43.2 Å².